The Morgan fingerprint density at radius 3 is 2.39 bits per heavy atom. The Morgan fingerprint density at radius 1 is 1.13 bits per heavy atom. The maximum Gasteiger partial charge on any atom is 0.330 e. The van der Waals surface area contributed by atoms with E-state index in [4.69, 9.17) is 4.74 Å². The first-order valence-corrected chi connectivity index (χ1v) is 7.50. The maximum absolute atomic E-state index is 12.0. The van der Waals surface area contributed by atoms with E-state index in [1.807, 2.05) is 0 Å². The fourth-order valence-electron chi connectivity index (χ4n) is 2.36. The molecular formula is C16H20N2O5. The van der Waals surface area contributed by atoms with Crippen molar-refractivity contribution in [2.24, 2.45) is 0 Å². The van der Waals surface area contributed by atoms with Gasteiger partial charge in [-0.1, -0.05) is 30.3 Å². The summed E-state index contributed by atoms with van der Waals surface area (Å²) in [7, 11) is 0. The Balaban J connectivity index is 1.85. The van der Waals surface area contributed by atoms with Crippen molar-refractivity contribution >= 4 is 17.8 Å². The molecule has 0 aliphatic carbocycles. The van der Waals surface area contributed by atoms with Gasteiger partial charge in [0.1, 0.15) is 0 Å². The number of aliphatic carboxylic acids is 1. The number of morpholine rings is 1. The summed E-state index contributed by atoms with van der Waals surface area (Å²) in [6.07, 6.45) is 0.0275. The van der Waals surface area contributed by atoms with Crippen LogP contribution in [-0.2, 0) is 19.1 Å². The average molecular weight is 320 g/mol. The maximum atomic E-state index is 12.0. The second kappa shape index (κ2) is 8.28. The first kappa shape index (κ1) is 17.0. The van der Waals surface area contributed by atoms with Crippen LogP contribution in [0.2, 0.25) is 0 Å². The van der Waals surface area contributed by atoms with Crippen molar-refractivity contribution in [1.82, 2.24) is 10.2 Å². The van der Waals surface area contributed by atoms with Gasteiger partial charge in [-0.2, -0.15) is 0 Å². The van der Waals surface area contributed by atoms with Gasteiger partial charge in [-0.25, -0.2) is 4.79 Å². The molecule has 2 rings (SSSR count). The van der Waals surface area contributed by atoms with Gasteiger partial charge < -0.3 is 20.1 Å². The lowest BCUT2D eigenvalue weighted by Gasteiger charge is -2.26. The molecule has 0 unspecified atom stereocenters. The van der Waals surface area contributed by atoms with Crippen molar-refractivity contribution in [3.8, 4) is 0 Å². The molecule has 1 aromatic rings. The number of nitrogens with zero attached hydrogens (tertiary/aromatic N) is 1. The normalized spacial score (nSPS) is 15.7. The molecule has 2 amide bonds. The zero-order valence-corrected chi connectivity index (χ0v) is 12.7. The van der Waals surface area contributed by atoms with Crippen molar-refractivity contribution in [3.63, 3.8) is 0 Å². The van der Waals surface area contributed by atoms with Crippen LogP contribution in [0.1, 0.15) is 24.4 Å². The van der Waals surface area contributed by atoms with E-state index in [1.165, 1.54) is 0 Å². The number of hydrogen-bond donors (Lipinski definition) is 2. The van der Waals surface area contributed by atoms with Crippen LogP contribution < -0.4 is 5.32 Å². The van der Waals surface area contributed by atoms with E-state index in [0.717, 1.165) is 0 Å². The van der Waals surface area contributed by atoms with Crippen LogP contribution in [0.25, 0.3) is 0 Å². The van der Waals surface area contributed by atoms with E-state index in [1.54, 1.807) is 35.2 Å². The highest BCUT2D eigenvalue weighted by Crippen LogP contribution is 2.13. The molecule has 1 aliphatic rings. The first-order chi connectivity index (χ1) is 11.1. The third-order valence-electron chi connectivity index (χ3n) is 3.61. The number of benzene rings is 1. The van der Waals surface area contributed by atoms with Gasteiger partial charge in [-0.15, -0.1) is 0 Å². The van der Waals surface area contributed by atoms with E-state index in [2.05, 4.69) is 5.32 Å². The van der Waals surface area contributed by atoms with Crippen molar-refractivity contribution in [2.45, 2.75) is 18.9 Å². The highest BCUT2D eigenvalue weighted by Gasteiger charge is 2.23. The molecule has 1 aromatic carbocycles. The van der Waals surface area contributed by atoms with E-state index in [9.17, 15) is 19.5 Å². The predicted octanol–water partition coefficient (Wildman–Crippen LogP) is 0.568. The van der Waals surface area contributed by atoms with E-state index >= 15 is 0 Å². The molecule has 7 nitrogen and oxygen atoms in total. The van der Waals surface area contributed by atoms with Gasteiger partial charge in [0.2, 0.25) is 11.8 Å². The third kappa shape index (κ3) is 5.07. The molecule has 1 atom stereocenters. The summed E-state index contributed by atoms with van der Waals surface area (Å²) in [5.41, 5.74) is 0.493. The number of carboxylic acid groups (broad SMARTS) is 1. The molecule has 0 saturated carbocycles. The first-order valence-electron chi connectivity index (χ1n) is 7.50. The highest BCUT2D eigenvalue weighted by atomic mass is 16.5. The predicted molar refractivity (Wildman–Crippen MR) is 81.6 cm³/mol. The number of rotatable bonds is 6. The van der Waals surface area contributed by atoms with Gasteiger partial charge in [0, 0.05) is 25.9 Å². The Hall–Kier alpha value is -2.41. The van der Waals surface area contributed by atoms with Gasteiger partial charge >= 0.3 is 5.97 Å². The second-order valence-electron chi connectivity index (χ2n) is 5.24. The third-order valence-corrected chi connectivity index (χ3v) is 3.61. The summed E-state index contributed by atoms with van der Waals surface area (Å²) in [5, 5.41) is 11.7. The number of carbonyl (C=O) groups excluding carboxylic acids is 2. The number of amides is 2. The molecule has 0 radical (unpaired) electrons. The summed E-state index contributed by atoms with van der Waals surface area (Å²) < 4.78 is 5.16. The lowest BCUT2D eigenvalue weighted by Crippen LogP contribution is -2.41. The van der Waals surface area contributed by atoms with Crippen LogP contribution in [0.5, 0.6) is 0 Å². The standard InChI is InChI=1S/C16H20N2O5/c19-13(6-7-14(20)18-8-10-23-11-9-18)17-15(16(21)22)12-4-2-1-3-5-12/h1-5,15H,6-11H2,(H,17,19)(H,21,22)/t15-/m1/s1. The molecular weight excluding hydrogens is 300 g/mol. The topological polar surface area (TPSA) is 95.9 Å². The average Bonchev–Trinajstić information content (AvgIpc) is 2.58. The number of hydrogen-bond acceptors (Lipinski definition) is 4. The number of nitrogens with one attached hydrogen (secondary N) is 1. The van der Waals surface area contributed by atoms with Crippen LogP contribution in [0.15, 0.2) is 30.3 Å². The van der Waals surface area contributed by atoms with E-state index in [0.29, 0.717) is 31.9 Å². The van der Waals surface area contributed by atoms with Crippen molar-refractivity contribution in [1.29, 1.82) is 0 Å². The largest absolute Gasteiger partial charge is 0.479 e. The number of ether oxygens (including phenoxy) is 1. The number of carboxylic acids is 1. The molecule has 2 N–H and O–H groups in total. The Bertz CT molecular complexity index is 555. The van der Waals surface area contributed by atoms with E-state index < -0.39 is 17.9 Å². The van der Waals surface area contributed by atoms with Gasteiger partial charge in [-0.3, -0.25) is 9.59 Å². The molecule has 124 valence electrons. The monoisotopic (exact) mass is 320 g/mol. The van der Waals surface area contributed by atoms with Crippen LogP contribution >= 0.6 is 0 Å². The fourth-order valence-corrected chi connectivity index (χ4v) is 2.36. The molecule has 1 saturated heterocycles. The van der Waals surface area contributed by atoms with Gasteiger partial charge in [-0.05, 0) is 5.56 Å². The Morgan fingerprint density at radius 2 is 1.78 bits per heavy atom. The number of carbonyl (C=O) groups is 3. The summed E-state index contributed by atoms with van der Waals surface area (Å²) in [6, 6.07) is 7.35. The van der Waals surface area contributed by atoms with Crippen LogP contribution in [0.4, 0.5) is 0 Å². The minimum absolute atomic E-state index is 0.0349. The molecule has 0 spiro atoms. The van der Waals surface area contributed by atoms with Crippen LogP contribution in [-0.4, -0.2) is 54.1 Å². The van der Waals surface area contributed by atoms with Crippen molar-refractivity contribution in [3.05, 3.63) is 35.9 Å². The summed E-state index contributed by atoms with van der Waals surface area (Å²) in [5.74, 6) is -1.71. The summed E-state index contributed by atoms with van der Waals surface area (Å²) in [4.78, 5) is 36.9. The second-order valence-corrected chi connectivity index (χ2v) is 5.24. The SMILES string of the molecule is O=C(CCC(=O)N1CCOCC1)N[C@@H](C(=O)O)c1ccccc1. The van der Waals surface area contributed by atoms with Crippen LogP contribution in [0.3, 0.4) is 0 Å². The highest BCUT2D eigenvalue weighted by molar-refractivity contribution is 5.87. The molecule has 23 heavy (non-hydrogen) atoms. The van der Waals surface area contributed by atoms with Gasteiger partial charge in [0.05, 0.1) is 13.2 Å². The Kier molecular flexibility index (Phi) is 6.10. The molecule has 1 heterocycles. The van der Waals surface area contributed by atoms with Gasteiger partial charge in [0.15, 0.2) is 6.04 Å². The molecule has 1 fully saturated rings. The van der Waals surface area contributed by atoms with Crippen molar-refractivity contribution < 1.29 is 24.2 Å². The molecule has 0 bridgehead atoms. The lowest BCUT2D eigenvalue weighted by atomic mass is 10.1. The smallest absolute Gasteiger partial charge is 0.330 e. The Labute approximate surface area is 134 Å². The minimum atomic E-state index is -1.14. The fraction of sp³-hybridized carbons (Fsp3) is 0.438. The van der Waals surface area contributed by atoms with Crippen LogP contribution in [0, 0.1) is 0 Å². The lowest BCUT2D eigenvalue weighted by molar-refractivity contribution is -0.142. The van der Waals surface area contributed by atoms with Crippen molar-refractivity contribution in [2.75, 3.05) is 26.3 Å². The van der Waals surface area contributed by atoms with Gasteiger partial charge in [0.25, 0.3) is 0 Å². The minimum Gasteiger partial charge on any atom is -0.479 e. The molecule has 1 aliphatic heterocycles. The molecule has 7 heteroatoms. The summed E-state index contributed by atoms with van der Waals surface area (Å²) in [6.45, 7) is 2.07. The zero-order chi connectivity index (χ0) is 16.7. The quantitative estimate of drug-likeness (QED) is 0.799. The van der Waals surface area contributed by atoms with E-state index in [-0.39, 0.29) is 18.7 Å². The molecule has 0 aromatic heterocycles. The summed E-state index contributed by atoms with van der Waals surface area (Å²) >= 11 is 0. The zero-order valence-electron chi connectivity index (χ0n) is 12.7.